The molecule has 1 heterocycles. The molecule has 1 saturated carbocycles. The zero-order valence-electron chi connectivity index (χ0n) is 11.7. The van der Waals surface area contributed by atoms with E-state index in [9.17, 15) is 9.59 Å². The molecule has 2 N–H and O–H groups in total. The number of nitrogens with one attached hydrogen (secondary N) is 2. The summed E-state index contributed by atoms with van der Waals surface area (Å²) in [6.07, 6.45) is 6.32. The van der Waals surface area contributed by atoms with Crippen LogP contribution in [0, 0.1) is 11.8 Å². The summed E-state index contributed by atoms with van der Waals surface area (Å²) in [7, 11) is 0. The summed E-state index contributed by atoms with van der Waals surface area (Å²) in [5, 5.41) is 0. The van der Waals surface area contributed by atoms with Gasteiger partial charge in [-0.15, -0.1) is 11.3 Å². The van der Waals surface area contributed by atoms with Gasteiger partial charge in [-0.2, -0.15) is 0 Å². The second kappa shape index (κ2) is 5.56. The number of carbonyl (C=O) groups excluding carboxylic acids is 2. The Labute approximate surface area is 122 Å². The normalized spacial score (nSPS) is 21.8. The first-order chi connectivity index (χ1) is 9.63. The van der Waals surface area contributed by atoms with Gasteiger partial charge < -0.3 is 0 Å². The Kier molecular flexibility index (Phi) is 3.78. The molecular formula is C15H20N2O2S. The minimum atomic E-state index is -0.190. The Morgan fingerprint density at radius 2 is 2.05 bits per heavy atom. The fourth-order valence-electron chi connectivity index (χ4n) is 2.77. The highest BCUT2D eigenvalue weighted by Gasteiger charge is 2.26. The van der Waals surface area contributed by atoms with Crippen molar-refractivity contribution in [2.75, 3.05) is 0 Å². The van der Waals surface area contributed by atoms with Crippen molar-refractivity contribution in [2.45, 2.75) is 45.4 Å². The minimum absolute atomic E-state index is 0.0560. The Hall–Kier alpha value is -1.36. The van der Waals surface area contributed by atoms with Gasteiger partial charge in [0, 0.05) is 10.8 Å². The predicted octanol–water partition coefficient (Wildman–Crippen LogP) is 2.43. The van der Waals surface area contributed by atoms with Gasteiger partial charge in [-0.1, -0.05) is 13.3 Å². The van der Waals surface area contributed by atoms with Crippen molar-refractivity contribution in [3.05, 3.63) is 21.4 Å². The van der Waals surface area contributed by atoms with Crippen LogP contribution in [0.5, 0.6) is 0 Å². The molecule has 0 spiro atoms. The van der Waals surface area contributed by atoms with Crippen LogP contribution >= 0.6 is 11.3 Å². The van der Waals surface area contributed by atoms with E-state index in [1.165, 1.54) is 16.9 Å². The van der Waals surface area contributed by atoms with Crippen LogP contribution in [0.25, 0.3) is 0 Å². The summed E-state index contributed by atoms with van der Waals surface area (Å²) in [4.78, 5) is 25.8. The lowest BCUT2D eigenvalue weighted by molar-refractivity contribution is -0.128. The van der Waals surface area contributed by atoms with Crippen LogP contribution in [0.1, 0.15) is 52.7 Å². The molecule has 4 nitrogen and oxygen atoms in total. The van der Waals surface area contributed by atoms with Gasteiger partial charge in [0.15, 0.2) is 0 Å². The first-order valence-electron chi connectivity index (χ1n) is 7.35. The summed E-state index contributed by atoms with van der Waals surface area (Å²) >= 11 is 1.56. The summed E-state index contributed by atoms with van der Waals surface area (Å²) in [6.45, 7) is 2.25. The molecule has 1 aromatic rings. The first kappa shape index (κ1) is 13.6. The highest BCUT2D eigenvalue weighted by atomic mass is 32.1. The van der Waals surface area contributed by atoms with Crippen LogP contribution in [-0.4, -0.2) is 11.8 Å². The lowest BCUT2D eigenvalue weighted by Gasteiger charge is -2.23. The molecule has 1 fully saturated rings. The average molecular weight is 292 g/mol. The minimum Gasteiger partial charge on any atom is -0.273 e. The van der Waals surface area contributed by atoms with Crippen molar-refractivity contribution in [1.29, 1.82) is 0 Å². The third-order valence-electron chi connectivity index (χ3n) is 4.33. The number of fused-ring (bicyclic) bond motifs is 1. The maximum Gasteiger partial charge on any atom is 0.279 e. The van der Waals surface area contributed by atoms with Crippen molar-refractivity contribution in [2.24, 2.45) is 11.8 Å². The van der Waals surface area contributed by atoms with Crippen LogP contribution in [0.4, 0.5) is 0 Å². The maximum atomic E-state index is 12.1. The van der Waals surface area contributed by atoms with E-state index in [0.717, 1.165) is 32.1 Å². The summed E-state index contributed by atoms with van der Waals surface area (Å²) in [5.41, 5.74) is 6.39. The molecule has 1 aromatic heterocycles. The van der Waals surface area contributed by atoms with E-state index >= 15 is 0 Å². The maximum absolute atomic E-state index is 12.1. The highest BCUT2D eigenvalue weighted by molar-refractivity contribution is 7.14. The van der Waals surface area contributed by atoms with Gasteiger partial charge in [-0.05, 0) is 49.7 Å². The van der Waals surface area contributed by atoms with E-state index < -0.39 is 0 Å². The fourth-order valence-corrected chi connectivity index (χ4v) is 3.87. The molecular weight excluding hydrogens is 272 g/mol. The van der Waals surface area contributed by atoms with E-state index in [2.05, 4.69) is 17.8 Å². The van der Waals surface area contributed by atoms with E-state index in [1.54, 1.807) is 11.3 Å². The van der Waals surface area contributed by atoms with Crippen LogP contribution in [0.3, 0.4) is 0 Å². The Morgan fingerprint density at radius 3 is 2.75 bits per heavy atom. The quantitative estimate of drug-likeness (QED) is 0.823. The summed E-state index contributed by atoms with van der Waals surface area (Å²) < 4.78 is 0. The fraction of sp³-hybridized carbons (Fsp3) is 0.600. The molecule has 0 aromatic carbocycles. The number of amides is 2. The van der Waals surface area contributed by atoms with Gasteiger partial charge >= 0.3 is 0 Å². The second-order valence-electron chi connectivity index (χ2n) is 5.98. The number of thiophene rings is 1. The zero-order chi connectivity index (χ0) is 14.1. The molecule has 2 amide bonds. The van der Waals surface area contributed by atoms with Crippen LogP contribution in [0.2, 0.25) is 0 Å². The number of carbonyl (C=O) groups is 2. The smallest absolute Gasteiger partial charge is 0.273 e. The molecule has 0 aliphatic heterocycles. The van der Waals surface area contributed by atoms with Crippen molar-refractivity contribution in [3.8, 4) is 0 Å². The molecule has 20 heavy (non-hydrogen) atoms. The lowest BCUT2D eigenvalue weighted by atomic mass is 9.85. The third-order valence-corrected chi connectivity index (χ3v) is 5.56. The number of aryl methyl sites for hydroxylation is 1. The van der Waals surface area contributed by atoms with Crippen LogP contribution in [0.15, 0.2) is 6.07 Å². The number of rotatable bonds is 2. The molecule has 3 rings (SSSR count). The lowest BCUT2D eigenvalue weighted by Crippen LogP contribution is -2.45. The van der Waals surface area contributed by atoms with Crippen molar-refractivity contribution >= 4 is 23.2 Å². The van der Waals surface area contributed by atoms with Gasteiger partial charge in [0.05, 0.1) is 4.88 Å². The van der Waals surface area contributed by atoms with E-state index in [4.69, 9.17) is 0 Å². The van der Waals surface area contributed by atoms with E-state index in [1.807, 2.05) is 6.07 Å². The number of hydrazine groups is 1. The predicted molar refractivity (Wildman–Crippen MR) is 78.5 cm³/mol. The van der Waals surface area contributed by atoms with Crippen LogP contribution in [-0.2, 0) is 17.6 Å². The second-order valence-corrected chi connectivity index (χ2v) is 7.11. The molecule has 0 unspecified atom stereocenters. The Bertz CT molecular complexity index is 534. The first-order valence-corrected chi connectivity index (χ1v) is 8.17. The van der Waals surface area contributed by atoms with Crippen molar-refractivity contribution in [3.63, 3.8) is 0 Å². The van der Waals surface area contributed by atoms with E-state index in [-0.39, 0.29) is 17.7 Å². The zero-order valence-corrected chi connectivity index (χ0v) is 12.5. The molecule has 1 atom stereocenters. The van der Waals surface area contributed by atoms with Crippen molar-refractivity contribution < 1.29 is 9.59 Å². The number of hydrogen-bond acceptors (Lipinski definition) is 3. The van der Waals surface area contributed by atoms with Crippen LogP contribution < -0.4 is 10.9 Å². The summed E-state index contributed by atoms with van der Waals surface area (Å²) in [6, 6.07) is 1.99. The highest BCUT2D eigenvalue weighted by Crippen LogP contribution is 2.32. The molecule has 2 aliphatic rings. The standard InChI is InChI=1S/C15H20N2O2S/c1-9-5-6-12-11(7-9)8-13(20-12)15(19)17-16-14(18)10-3-2-4-10/h8-10H,2-7H2,1H3,(H,16,18)(H,17,19)/t9-/m1/s1. The van der Waals surface area contributed by atoms with E-state index in [0.29, 0.717) is 10.8 Å². The molecule has 0 radical (unpaired) electrons. The molecule has 5 heteroatoms. The number of hydrogen-bond donors (Lipinski definition) is 2. The van der Waals surface area contributed by atoms with Gasteiger partial charge in [0.1, 0.15) is 0 Å². The van der Waals surface area contributed by atoms with Gasteiger partial charge in [0.2, 0.25) is 5.91 Å². The topological polar surface area (TPSA) is 58.2 Å². The molecule has 108 valence electrons. The van der Waals surface area contributed by atoms with Gasteiger partial charge in [0.25, 0.3) is 5.91 Å². The SMILES string of the molecule is C[C@@H]1CCc2sc(C(=O)NNC(=O)C3CCC3)cc2C1. The largest absolute Gasteiger partial charge is 0.279 e. The third kappa shape index (κ3) is 2.73. The van der Waals surface area contributed by atoms with Gasteiger partial charge in [-0.3, -0.25) is 20.4 Å². The average Bonchev–Trinajstić information content (AvgIpc) is 2.76. The Morgan fingerprint density at radius 1 is 1.25 bits per heavy atom. The van der Waals surface area contributed by atoms with Gasteiger partial charge in [-0.25, -0.2) is 0 Å². The molecule has 0 saturated heterocycles. The molecule has 0 bridgehead atoms. The monoisotopic (exact) mass is 292 g/mol. The van der Waals surface area contributed by atoms with Crippen molar-refractivity contribution in [1.82, 2.24) is 10.9 Å². The summed E-state index contributed by atoms with van der Waals surface area (Å²) in [5.74, 6) is 0.545. The Balaban J connectivity index is 1.58. The molecule has 2 aliphatic carbocycles.